The zero-order valence-corrected chi connectivity index (χ0v) is 15.0. The Labute approximate surface area is 145 Å². The molecule has 2 rings (SSSR count). The van der Waals surface area contributed by atoms with Gasteiger partial charge in [0.05, 0.1) is 12.7 Å². The van der Waals surface area contributed by atoms with Gasteiger partial charge in [-0.1, -0.05) is 23.8 Å². The first-order valence-corrected chi connectivity index (χ1v) is 8.35. The summed E-state index contributed by atoms with van der Waals surface area (Å²) in [4.78, 5) is 12.1. The second kappa shape index (κ2) is 8.17. The van der Waals surface area contributed by atoms with Crippen LogP contribution in [0.2, 0.25) is 0 Å². The van der Waals surface area contributed by atoms with Crippen molar-refractivity contribution in [3.05, 3.63) is 62.7 Å². The van der Waals surface area contributed by atoms with Gasteiger partial charge in [0.1, 0.15) is 5.75 Å². The minimum Gasteiger partial charge on any atom is -0.497 e. The van der Waals surface area contributed by atoms with E-state index in [9.17, 15) is 4.79 Å². The quantitative estimate of drug-likeness (QED) is 0.579. The van der Waals surface area contributed by atoms with E-state index in [0.29, 0.717) is 6.54 Å². The Morgan fingerprint density at radius 2 is 1.91 bits per heavy atom. The first-order valence-electron chi connectivity index (χ1n) is 7.27. The van der Waals surface area contributed by atoms with Crippen LogP contribution in [0.15, 0.2) is 42.5 Å². The smallest absolute Gasteiger partial charge is 0.252 e. The molecule has 116 valence electrons. The van der Waals surface area contributed by atoms with Gasteiger partial charge in [-0.05, 0) is 72.2 Å². The molecule has 0 bridgehead atoms. The molecule has 1 amide bonds. The molecule has 0 spiro atoms. The highest BCUT2D eigenvalue weighted by Crippen LogP contribution is 2.14. The van der Waals surface area contributed by atoms with Crippen molar-refractivity contribution >= 4 is 28.5 Å². The molecule has 0 atom stereocenters. The molecular weight excluding hydrogens is 389 g/mol. The van der Waals surface area contributed by atoms with E-state index in [1.54, 1.807) is 7.11 Å². The number of hydrogen-bond donors (Lipinski definition) is 1. The van der Waals surface area contributed by atoms with Gasteiger partial charge in [-0.25, -0.2) is 0 Å². The second-order valence-electron chi connectivity index (χ2n) is 5.19. The van der Waals surface area contributed by atoms with Crippen molar-refractivity contribution in [3.63, 3.8) is 0 Å². The van der Waals surface area contributed by atoms with E-state index in [2.05, 4.69) is 40.0 Å². The molecule has 2 aromatic rings. The highest BCUT2D eigenvalue weighted by molar-refractivity contribution is 14.1. The van der Waals surface area contributed by atoms with Crippen LogP contribution < -0.4 is 10.1 Å². The summed E-state index contributed by atoms with van der Waals surface area (Å²) in [6.07, 6.45) is 1.86. The Bertz CT molecular complexity index is 638. The van der Waals surface area contributed by atoms with Crippen molar-refractivity contribution in [3.8, 4) is 5.75 Å². The predicted octanol–water partition coefficient (Wildman–Crippen LogP) is 3.97. The van der Waals surface area contributed by atoms with Crippen LogP contribution in [0.4, 0.5) is 0 Å². The van der Waals surface area contributed by atoms with Crippen molar-refractivity contribution in [2.24, 2.45) is 0 Å². The molecule has 0 saturated heterocycles. The lowest BCUT2D eigenvalue weighted by Gasteiger charge is -2.08. The van der Waals surface area contributed by atoms with Crippen LogP contribution in [-0.2, 0) is 6.42 Å². The fraction of sp³-hybridized carbons (Fsp3) is 0.278. The van der Waals surface area contributed by atoms with Gasteiger partial charge >= 0.3 is 0 Å². The number of methoxy groups -OCH3 is 1. The third kappa shape index (κ3) is 4.73. The standard InChI is InChI=1S/C18H20INO2/c1-13-5-10-16(17(19)12-13)18(21)20-11-3-4-14-6-8-15(22-2)9-7-14/h5-10,12H,3-4,11H2,1-2H3,(H,20,21). The average Bonchev–Trinajstić information content (AvgIpc) is 2.52. The first-order chi connectivity index (χ1) is 10.6. The summed E-state index contributed by atoms with van der Waals surface area (Å²) in [7, 11) is 1.66. The Morgan fingerprint density at radius 3 is 2.55 bits per heavy atom. The highest BCUT2D eigenvalue weighted by atomic mass is 127. The van der Waals surface area contributed by atoms with Crippen LogP contribution in [0.25, 0.3) is 0 Å². The van der Waals surface area contributed by atoms with Crippen LogP contribution in [0.3, 0.4) is 0 Å². The van der Waals surface area contributed by atoms with Crippen molar-refractivity contribution in [1.29, 1.82) is 0 Å². The van der Waals surface area contributed by atoms with E-state index in [1.165, 1.54) is 11.1 Å². The lowest BCUT2D eigenvalue weighted by atomic mass is 10.1. The maximum Gasteiger partial charge on any atom is 0.252 e. The van der Waals surface area contributed by atoms with Crippen LogP contribution >= 0.6 is 22.6 Å². The topological polar surface area (TPSA) is 38.3 Å². The number of nitrogens with one attached hydrogen (secondary N) is 1. The molecule has 0 aromatic heterocycles. The monoisotopic (exact) mass is 409 g/mol. The van der Waals surface area contributed by atoms with Gasteiger partial charge in [0.25, 0.3) is 5.91 Å². The van der Waals surface area contributed by atoms with Crippen LogP contribution in [0, 0.1) is 10.5 Å². The van der Waals surface area contributed by atoms with E-state index < -0.39 is 0 Å². The largest absolute Gasteiger partial charge is 0.497 e. The zero-order valence-electron chi connectivity index (χ0n) is 12.9. The molecule has 0 aliphatic heterocycles. The number of hydrogen-bond acceptors (Lipinski definition) is 2. The van der Waals surface area contributed by atoms with E-state index >= 15 is 0 Å². The Morgan fingerprint density at radius 1 is 1.18 bits per heavy atom. The van der Waals surface area contributed by atoms with Gasteiger partial charge < -0.3 is 10.1 Å². The van der Waals surface area contributed by atoms with E-state index in [4.69, 9.17) is 4.74 Å². The average molecular weight is 409 g/mol. The van der Waals surface area contributed by atoms with Crippen LogP contribution in [0.1, 0.15) is 27.9 Å². The summed E-state index contributed by atoms with van der Waals surface area (Å²) in [6.45, 7) is 2.70. The molecule has 2 aromatic carbocycles. The summed E-state index contributed by atoms with van der Waals surface area (Å²) in [5.41, 5.74) is 3.16. The number of carbonyl (C=O) groups is 1. The Kier molecular flexibility index (Phi) is 6.24. The molecule has 22 heavy (non-hydrogen) atoms. The van der Waals surface area contributed by atoms with Gasteiger partial charge in [0, 0.05) is 10.1 Å². The van der Waals surface area contributed by atoms with Gasteiger partial charge in [0.15, 0.2) is 0 Å². The van der Waals surface area contributed by atoms with E-state index in [1.807, 2.05) is 37.3 Å². The summed E-state index contributed by atoms with van der Waals surface area (Å²) in [5.74, 6) is 0.866. The van der Waals surface area contributed by atoms with Crippen molar-refractivity contribution in [2.75, 3.05) is 13.7 Å². The zero-order chi connectivity index (χ0) is 15.9. The van der Waals surface area contributed by atoms with E-state index in [-0.39, 0.29) is 5.91 Å². The van der Waals surface area contributed by atoms with Gasteiger partial charge in [0.2, 0.25) is 0 Å². The number of benzene rings is 2. The van der Waals surface area contributed by atoms with Crippen molar-refractivity contribution in [2.45, 2.75) is 19.8 Å². The maximum atomic E-state index is 12.1. The lowest BCUT2D eigenvalue weighted by Crippen LogP contribution is -2.25. The molecule has 1 N–H and O–H groups in total. The fourth-order valence-electron chi connectivity index (χ4n) is 2.19. The lowest BCUT2D eigenvalue weighted by molar-refractivity contribution is 0.0952. The number of amides is 1. The van der Waals surface area contributed by atoms with Gasteiger partial charge in [-0.15, -0.1) is 0 Å². The minimum absolute atomic E-state index is 0.000805. The molecule has 0 aliphatic rings. The third-order valence-corrected chi connectivity index (χ3v) is 4.35. The minimum atomic E-state index is -0.000805. The fourth-order valence-corrected chi connectivity index (χ4v) is 3.10. The predicted molar refractivity (Wildman–Crippen MR) is 97.5 cm³/mol. The van der Waals surface area contributed by atoms with Crippen molar-refractivity contribution in [1.82, 2.24) is 5.32 Å². The molecule has 4 heteroatoms. The highest BCUT2D eigenvalue weighted by Gasteiger charge is 2.08. The number of aryl methyl sites for hydroxylation is 2. The van der Waals surface area contributed by atoms with Crippen molar-refractivity contribution < 1.29 is 9.53 Å². The number of carbonyl (C=O) groups excluding carboxylic acids is 1. The van der Waals surface area contributed by atoms with E-state index in [0.717, 1.165) is 27.7 Å². The number of rotatable bonds is 6. The molecule has 0 aliphatic carbocycles. The molecule has 0 heterocycles. The molecule has 0 radical (unpaired) electrons. The Balaban J connectivity index is 1.79. The first kappa shape index (κ1) is 16.8. The molecule has 0 fully saturated rings. The molecule has 0 unspecified atom stereocenters. The maximum absolute atomic E-state index is 12.1. The summed E-state index contributed by atoms with van der Waals surface area (Å²) in [6, 6.07) is 13.9. The van der Waals surface area contributed by atoms with Crippen LogP contribution in [0.5, 0.6) is 5.75 Å². The Hall–Kier alpha value is -1.56. The summed E-state index contributed by atoms with van der Waals surface area (Å²) in [5, 5.41) is 2.98. The number of halogens is 1. The van der Waals surface area contributed by atoms with Crippen LogP contribution in [-0.4, -0.2) is 19.6 Å². The summed E-state index contributed by atoms with van der Waals surface area (Å²) >= 11 is 2.21. The molecular formula is C18H20INO2. The third-order valence-electron chi connectivity index (χ3n) is 3.46. The summed E-state index contributed by atoms with van der Waals surface area (Å²) < 4.78 is 6.13. The normalized spacial score (nSPS) is 10.3. The molecule has 3 nitrogen and oxygen atoms in total. The SMILES string of the molecule is COc1ccc(CCCNC(=O)c2ccc(C)cc2I)cc1. The van der Waals surface area contributed by atoms with Gasteiger partial charge in [-0.3, -0.25) is 4.79 Å². The number of ether oxygens (including phenoxy) is 1. The second-order valence-corrected chi connectivity index (χ2v) is 6.35. The van der Waals surface area contributed by atoms with Gasteiger partial charge in [-0.2, -0.15) is 0 Å². The molecule has 0 saturated carbocycles.